The van der Waals surface area contributed by atoms with E-state index in [0.717, 1.165) is 29.9 Å². The van der Waals surface area contributed by atoms with E-state index in [0.29, 0.717) is 0 Å². The lowest BCUT2D eigenvalue weighted by Crippen LogP contribution is -2.49. The summed E-state index contributed by atoms with van der Waals surface area (Å²) < 4.78 is 11.0. The third-order valence-electron chi connectivity index (χ3n) is 4.99. The highest BCUT2D eigenvalue weighted by Gasteiger charge is 2.29. The quantitative estimate of drug-likeness (QED) is 0.432. The predicted octanol–water partition coefficient (Wildman–Crippen LogP) is 1.84. The minimum atomic E-state index is -0.836. The Labute approximate surface area is 159 Å². The number of aromatic nitrogens is 1. The molecule has 3 rings (SSSR count). The number of piperidine rings is 1. The van der Waals surface area contributed by atoms with Crippen molar-refractivity contribution in [1.82, 2.24) is 9.47 Å². The Hall–Kier alpha value is -3.17. The Balaban J connectivity index is 1.66. The molecule has 1 aromatic carbocycles. The van der Waals surface area contributed by atoms with Crippen molar-refractivity contribution in [2.45, 2.75) is 51.7 Å². The van der Waals surface area contributed by atoms with Gasteiger partial charge in [0.1, 0.15) is 6.54 Å². The lowest BCUT2D eigenvalue weighted by Gasteiger charge is -2.38. The van der Waals surface area contributed by atoms with Crippen molar-refractivity contribution in [1.29, 1.82) is 0 Å². The van der Waals surface area contributed by atoms with Gasteiger partial charge in [-0.3, -0.25) is 24.3 Å². The van der Waals surface area contributed by atoms with Gasteiger partial charge in [-0.1, -0.05) is 0 Å². The molecule has 2 aromatic rings. The first-order valence-corrected chi connectivity index (χ1v) is 9.02. The summed E-state index contributed by atoms with van der Waals surface area (Å²) in [4.78, 5) is 48.4. The first-order chi connectivity index (χ1) is 13.3. The SMILES string of the molecule is CC1CCCC(C)N1C(=O)COC(=O)Cn1c(=O)oc2cc([N+](=O)[O-])ccc21. The van der Waals surface area contributed by atoms with Crippen LogP contribution in [0.5, 0.6) is 0 Å². The second-order valence-electron chi connectivity index (χ2n) is 6.95. The van der Waals surface area contributed by atoms with E-state index in [1.807, 2.05) is 13.8 Å². The number of fused-ring (bicyclic) bond motifs is 1. The van der Waals surface area contributed by atoms with Gasteiger partial charge in [0.25, 0.3) is 11.6 Å². The molecule has 0 bridgehead atoms. The van der Waals surface area contributed by atoms with Crippen LogP contribution < -0.4 is 5.76 Å². The van der Waals surface area contributed by atoms with E-state index >= 15 is 0 Å². The first-order valence-electron chi connectivity index (χ1n) is 9.02. The van der Waals surface area contributed by atoms with Gasteiger partial charge in [-0.05, 0) is 39.2 Å². The van der Waals surface area contributed by atoms with E-state index in [2.05, 4.69) is 0 Å². The van der Waals surface area contributed by atoms with Gasteiger partial charge < -0.3 is 14.1 Å². The number of esters is 1. The van der Waals surface area contributed by atoms with E-state index in [4.69, 9.17) is 9.15 Å². The van der Waals surface area contributed by atoms with E-state index < -0.39 is 29.8 Å². The Bertz CT molecular complexity index is 967. The molecule has 2 unspecified atom stereocenters. The van der Waals surface area contributed by atoms with E-state index in [9.17, 15) is 24.5 Å². The number of nitrogens with zero attached hydrogens (tertiary/aromatic N) is 3. The average molecular weight is 391 g/mol. The lowest BCUT2D eigenvalue weighted by molar-refractivity contribution is -0.384. The average Bonchev–Trinajstić information content (AvgIpc) is 2.94. The Morgan fingerprint density at radius 3 is 2.61 bits per heavy atom. The number of rotatable bonds is 5. The zero-order chi connectivity index (χ0) is 20.4. The van der Waals surface area contributed by atoms with Crippen LogP contribution in [-0.4, -0.2) is 45.0 Å². The highest BCUT2D eigenvalue weighted by molar-refractivity contribution is 5.82. The van der Waals surface area contributed by atoms with Gasteiger partial charge >= 0.3 is 11.7 Å². The van der Waals surface area contributed by atoms with Crippen molar-refractivity contribution >= 4 is 28.7 Å². The molecule has 2 heterocycles. The molecule has 0 saturated carbocycles. The Morgan fingerprint density at radius 2 is 1.96 bits per heavy atom. The number of carbonyl (C=O) groups excluding carboxylic acids is 2. The largest absolute Gasteiger partial charge is 0.454 e. The molecular formula is C18H21N3O7. The van der Waals surface area contributed by atoms with Crippen LogP contribution in [0.1, 0.15) is 33.1 Å². The van der Waals surface area contributed by atoms with Crippen molar-refractivity contribution in [3.05, 3.63) is 38.9 Å². The van der Waals surface area contributed by atoms with Crippen molar-refractivity contribution in [2.75, 3.05) is 6.61 Å². The number of oxazole rings is 1. The number of likely N-dealkylation sites (tertiary alicyclic amines) is 1. The van der Waals surface area contributed by atoms with Crippen LogP contribution in [0, 0.1) is 10.1 Å². The topological polar surface area (TPSA) is 125 Å². The maximum atomic E-state index is 12.4. The maximum absolute atomic E-state index is 12.4. The molecule has 10 nitrogen and oxygen atoms in total. The highest BCUT2D eigenvalue weighted by atomic mass is 16.6. The predicted molar refractivity (Wildman–Crippen MR) is 97.7 cm³/mol. The summed E-state index contributed by atoms with van der Waals surface area (Å²) in [5.74, 6) is -1.88. The summed E-state index contributed by atoms with van der Waals surface area (Å²) in [6, 6.07) is 3.83. The van der Waals surface area contributed by atoms with Crippen molar-refractivity contribution in [2.24, 2.45) is 0 Å². The fourth-order valence-corrected chi connectivity index (χ4v) is 3.62. The molecule has 1 aliphatic heterocycles. The van der Waals surface area contributed by atoms with Gasteiger partial charge in [-0.2, -0.15) is 0 Å². The minimum Gasteiger partial charge on any atom is -0.454 e. The third-order valence-corrected chi connectivity index (χ3v) is 4.99. The Morgan fingerprint density at radius 1 is 1.29 bits per heavy atom. The fourth-order valence-electron chi connectivity index (χ4n) is 3.62. The number of amides is 1. The molecule has 1 aromatic heterocycles. The van der Waals surface area contributed by atoms with Gasteiger partial charge in [0.15, 0.2) is 12.2 Å². The van der Waals surface area contributed by atoms with Crippen molar-refractivity contribution in [3.63, 3.8) is 0 Å². The molecule has 1 saturated heterocycles. The number of nitro groups is 1. The van der Waals surface area contributed by atoms with Gasteiger partial charge in [0.2, 0.25) is 0 Å². The zero-order valence-electron chi connectivity index (χ0n) is 15.6. The smallest absolute Gasteiger partial charge is 0.420 e. The van der Waals surface area contributed by atoms with Crippen LogP contribution in [0.25, 0.3) is 11.1 Å². The van der Waals surface area contributed by atoms with Crippen LogP contribution in [0.2, 0.25) is 0 Å². The zero-order valence-corrected chi connectivity index (χ0v) is 15.6. The molecule has 0 N–H and O–H groups in total. The summed E-state index contributed by atoms with van der Waals surface area (Å²) in [6.07, 6.45) is 2.87. The summed E-state index contributed by atoms with van der Waals surface area (Å²) in [6.45, 7) is 3.07. The Kier molecular flexibility index (Phi) is 5.48. The summed E-state index contributed by atoms with van der Waals surface area (Å²) in [5, 5.41) is 10.8. The lowest BCUT2D eigenvalue weighted by atomic mass is 9.97. The molecule has 2 atom stereocenters. The normalized spacial score (nSPS) is 19.6. The number of ether oxygens (including phenoxy) is 1. The van der Waals surface area contributed by atoms with Gasteiger partial charge in [-0.15, -0.1) is 0 Å². The fraction of sp³-hybridized carbons (Fsp3) is 0.500. The number of non-ortho nitro benzene ring substituents is 1. The minimum absolute atomic E-state index is 0.000886. The standard InChI is InChI=1S/C18H21N3O7/c1-11-4-3-5-12(2)20(11)16(22)10-27-17(23)9-19-14-7-6-13(21(25)26)8-15(14)28-18(19)24/h6-8,11-12H,3-5,9-10H2,1-2H3. The second kappa shape index (κ2) is 7.83. The summed E-state index contributed by atoms with van der Waals surface area (Å²) >= 11 is 0. The molecule has 0 radical (unpaired) electrons. The maximum Gasteiger partial charge on any atom is 0.420 e. The van der Waals surface area contributed by atoms with Gasteiger partial charge in [0, 0.05) is 18.2 Å². The number of benzene rings is 1. The molecule has 28 heavy (non-hydrogen) atoms. The second-order valence-corrected chi connectivity index (χ2v) is 6.95. The molecule has 1 fully saturated rings. The number of nitro benzene ring substituents is 1. The van der Waals surface area contributed by atoms with Gasteiger partial charge in [0.05, 0.1) is 16.5 Å². The van der Waals surface area contributed by atoms with E-state index in [1.54, 1.807) is 4.90 Å². The van der Waals surface area contributed by atoms with Crippen molar-refractivity contribution < 1.29 is 23.7 Å². The van der Waals surface area contributed by atoms with Crippen LogP contribution in [0.4, 0.5) is 5.69 Å². The molecule has 1 amide bonds. The number of carbonyl (C=O) groups is 2. The van der Waals surface area contributed by atoms with Crippen LogP contribution >= 0.6 is 0 Å². The monoisotopic (exact) mass is 391 g/mol. The van der Waals surface area contributed by atoms with E-state index in [-0.39, 0.29) is 34.8 Å². The van der Waals surface area contributed by atoms with Crippen LogP contribution in [-0.2, 0) is 20.9 Å². The molecule has 0 spiro atoms. The highest BCUT2D eigenvalue weighted by Crippen LogP contribution is 2.23. The van der Waals surface area contributed by atoms with Crippen LogP contribution in [0.3, 0.4) is 0 Å². The molecule has 10 heteroatoms. The van der Waals surface area contributed by atoms with E-state index in [1.165, 1.54) is 12.1 Å². The molecule has 150 valence electrons. The summed E-state index contributed by atoms with van der Waals surface area (Å²) in [5.41, 5.74) is 0.00235. The summed E-state index contributed by atoms with van der Waals surface area (Å²) in [7, 11) is 0. The molecular weight excluding hydrogens is 370 g/mol. The molecule has 0 aliphatic carbocycles. The first kappa shape index (κ1) is 19.6. The third kappa shape index (κ3) is 3.90. The van der Waals surface area contributed by atoms with Crippen LogP contribution in [0.15, 0.2) is 27.4 Å². The number of hydrogen-bond donors (Lipinski definition) is 0. The number of hydrogen-bond acceptors (Lipinski definition) is 7. The van der Waals surface area contributed by atoms with Crippen molar-refractivity contribution in [3.8, 4) is 0 Å². The molecule has 1 aliphatic rings. The van der Waals surface area contributed by atoms with Gasteiger partial charge in [-0.25, -0.2) is 4.79 Å².